The molecule has 5 nitrogen and oxygen atoms in total. The van der Waals surface area contributed by atoms with E-state index in [2.05, 4.69) is 18.6 Å². The van der Waals surface area contributed by atoms with Crippen LogP contribution in [-0.4, -0.2) is 32.3 Å². The van der Waals surface area contributed by atoms with Crippen molar-refractivity contribution in [2.24, 2.45) is 11.8 Å². The highest BCUT2D eigenvalue weighted by atomic mass is 32.2. The third-order valence-corrected chi connectivity index (χ3v) is 6.71. The Morgan fingerprint density at radius 2 is 1.61 bits per heavy atom. The Labute approximate surface area is 167 Å². The molecule has 0 bridgehead atoms. The minimum Gasteiger partial charge on any atom is -0.338 e. The van der Waals surface area contributed by atoms with Crippen LogP contribution in [-0.2, 0) is 10.0 Å². The van der Waals surface area contributed by atoms with Crippen LogP contribution in [0.4, 0.5) is 5.69 Å². The van der Waals surface area contributed by atoms with Gasteiger partial charge in [-0.2, -0.15) is 0 Å². The largest absolute Gasteiger partial charge is 0.338 e. The fraction of sp³-hybridized carbons (Fsp3) is 0.409. The molecule has 2 aromatic rings. The van der Waals surface area contributed by atoms with E-state index in [1.54, 1.807) is 31.2 Å². The number of nitrogens with zero attached hydrogens (tertiary/aromatic N) is 1. The normalized spacial score (nSPS) is 20.1. The number of sulfonamides is 1. The monoisotopic (exact) mass is 400 g/mol. The number of nitrogens with one attached hydrogen (secondary N) is 1. The summed E-state index contributed by atoms with van der Waals surface area (Å²) >= 11 is 0. The van der Waals surface area contributed by atoms with Crippen LogP contribution in [0.15, 0.2) is 47.4 Å². The molecule has 1 aliphatic heterocycles. The van der Waals surface area contributed by atoms with Gasteiger partial charge in [-0.25, -0.2) is 8.42 Å². The molecule has 28 heavy (non-hydrogen) atoms. The Kier molecular flexibility index (Phi) is 5.79. The lowest BCUT2D eigenvalue weighted by Gasteiger charge is -2.35. The van der Waals surface area contributed by atoms with Crippen molar-refractivity contribution in [3.05, 3.63) is 59.2 Å². The lowest BCUT2D eigenvalue weighted by atomic mass is 9.91. The number of carbonyl (C=O) groups excluding carboxylic acids is 1. The summed E-state index contributed by atoms with van der Waals surface area (Å²) in [5, 5.41) is 0. The van der Waals surface area contributed by atoms with Gasteiger partial charge >= 0.3 is 0 Å². The molecule has 6 heteroatoms. The van der Waals surface area contributed by atoms with E-state index in [4.69, 9.17) is 0 Å². The van der Waals surface area contributed by atoms with Crippen molar-refractivity contribution in [3.8, 4) is 0 Å². The number of hydrogen-bond donors (Lipinski definition) is 1. The lowest BCUT2D eigenvalue weighted by molar-refractivity contribution is 0.0623. The van der Waals surface area contributed by atoms with Crippen LogP contribution in [0.1, 0.15) is 41.8 Å². The quantitative estimate of drug-likeness (QED) is 0.835. The number of anilines is 1. The van der Waals surface area contributed by atoms with Crippen molar-refractivity contribution in [2.75, 3.05) is 17.8 Å². The SMILES string of the molecule is Cc1ccc(NS(=O)(=O)c2cc(C(=O)N3C[C@H](C)C[C@H](C)C3)ccc2C)cc1. The molecule has 0 aromatic heterocycles. The van der Waals surface area contributed by atoms with E-state index in [0.29, 0.717) is 41.7 Å². The molecule has 0 saturated carbocycles. The highest BCUT2D eigenvalue weighted by molar-refractivity contribution is 7.92. The van der Waals surface area contributed by atoms with E-state index < -0.39 is 10.0 Å². The van der Waals surface area contributed by atoms with Crippen LogP contribution in [0, 0.1) is 25.7 Å². The maximum atomic E-state index is 13.0. The summed E-state index contributed by atoms with van der Waals surface area (Å²) in [4.78, 5) is 15.0. The summed E-state index contributed by atoms with van der Waals surface area (Å²) in [5.74, 6) is 0.791. The number of likely N-dealkylation sites (tertiary alicyclic amines) is 1. The van der Waals surface area contributed by atoms with Gasteiger partial charge in [-0.3, -0.25) is 9.52 Å². The number of amides is 1. The number of hydrogen-bond acceptors (Lipinski definition) is 3. The predicted molar refractivity (Wildman–Crippen MR) is 112 cm³/mol. The van der Waals surface area contributed by atoms with Crippen molar-refractivity contribution in [1.29, 1.82) is 0 Å². The zero-order chi connectivity index (χ0) is 20.5. The zero-order valence-corrected chi connectivity index (χ0v) is 17.7. The van der Waals surface area contributed by atoms with Gasteiger partial charge < -0.3 is 4.90 Å². The zero-order valence-electron chi connectivity index (χ0n) is 16.9. The second-order valence-electron chi connectivity index (χ2n) is 8.11. The standard InChI is InChI=1S/C22H28N2O3S/c1-15-5-9-20(10-6-15)23-28(26,27)21-12-19(8-7-18(21)4)22(25)24-13-16(2)11-17(3)14-24/h5-10,12,16-17,23H,11,13-14H2,1-4H3/t16-,17+. The Hall–Kier alpha value is -2.34. The Bertz CT molecular complexity index is 958. The Morgan fingerprint density at radius 1 is 1.00 bits per heavy atom. The number of carbonyl (C=O) groups is 1. The van der Waals surface area contributed by atoms with Gasteiger partial charge in [0.25, 0.3) is 15.9 Å². The fourth-order valence-corrected chi connectivity index (χ4v) is 5.20. The first-order chi connectivity index (χ1) is 13.2. The van der Waals surface area contributed by atoms with E-state index in [1.165, 1.54) is 6.07 Å². The molecule has 3 rings (SSSR count). The molecule has 150 valence electrons. The van der Waals surface area contributed by atoms with Gasteiger partial charge in [0.1, 0.15) is 0 Å². The molecule has 1 aliphatic rings. The predicted octanol–water partition coefficient (Wildman–Crippen LogP) is 4.22. The Balaban J connectivity index is 1.88. The first-order valence-corrected chi connectivity index (χ1v) is 11.1. The molecular weight excluding hydrogens is 372 g/mol. The van der Waals surface area contributed by atoms with Gasteiger partial charge in [0, 0.05) is 24.3 Å². The van der Waals surface area contributed by atoms with Crippen molar-refractivity contribution in [3.63, 3.8) is 0 Å². The number of rotatable bonds is 4. The highest BCUT2D eigenvalue weighted by Gasteiger charge is 2.27. The molecule has 1 N–H and O–H groups in total. The first-order valence-electron chi connectivity index (χ1n) is 9.65. The molecule has 0 unspecified atom stereocenters. The first kappa shape index (κ1) is 20.4. The molecule has 0 radical (unpaired) electrons. The van der Waals surface area contributed by atoms with Crippen LogP contribution in [0.25, 0.3) is 0 Å². The fourth-order valence-electron chi connectivity index (χ4n) is 3.87. The third kappa shape index (κ3) is 4.55. The maximum absolute atomic E-state index is 13.0. The topological polar surface area (TPSA) is 66.5 Å². The van der Waals surface area contributed by atoms with Crippen LogP contribution in [0.5, 0.6) is 0 Å². The van der Waals surface area contributed by atoms with E-state index in [-0.39, 0.29) is 10.8 Å². The molecule has 1 amide bonds. The number of piperidine rings is 1. The van der Waals surface area contributed by atoms with Crippen molar-refractivity contribution in [2.45, 2.75) is 39.0 Å². The molecular formula is C22H28N2O3S. The van der Waals surface area contributed by atoms with Gasteiger partial charge in [0.15, 0.2) is 0 Å². The average molecular weight is 401 g/mol. The Morgan fingerprint density at radius 3 is 2.21 bits per heavy atom. The smallest absolute Gasteiger partial charge is 0.262 e. The molecule has 1 fully saturated rings. The van der Waals surface area contributed by atoms with E-state index in [9.17, 15) is 13.2 Å². The van der Waals surface area contributed by atoms with Crippen LogP contribution in [0.3, 0.4) is 0 Å². The maximum Gasteiger partial charge on any atom is 0.262 e. The second-order valence-corrected chi connectivity index (χ2v) is 9.76. The van der Waals surface area contributed by atoms with Gasteiger partial charge in [-0.1, -0.05) is 37.6 Å². The van der Waals surface area contributed by atoms with Gasteiger partial charge in [0.2, 0.25) is 0 Å². The number of aryl methyl sites for hydroxylation is 2. The third-order valence-electron chi connectivity index (χ3n) is 5.18. The summed E-state index contributed by atoms with van der Waals surface area (Å²) in [7, 11) is -3.79. The van der Waals surface area contributed by atoms with Crippen molar-refractivity contribution in [1.82, 2.24) is 4.90 Å². The minimum atomic E-state index is -3.79. The molecule has 0 spiro atoms. The molecule has 2 aromatic carbocycles. The lowest BCUT2D eigenvalue weighted by Crippen LogP contribution is -2.42. The molecule has 0 aliphatic carbocycles. The second kappa shape index (κ2) is 7.95. The summed E-state index contributed by atoms with van der Waals surface area (Å²) in [5.41, 5.74) is 2.57. The average Bonchev–Trinajstić information content (AvgIpc) is 2.62. The van der Waals surface area contributed by atoms with Crippen LogP contribution in [0.2, 0.25) is 0 Å². The summed E-state index contributed by atoms with van der Waals surface area (Å²) in [6.45, 7) is 9.39. The van der Waals surface area contributed by atoms with Crippen LogP contribution < -0.4 is 4.72 Å². The van der Waals surface area contributed by atoms with Crippen molar-refractivity contribution < 1.29 is 13.2 Å². The number of benzene rings is 2. The van der Waals surface area contributed by atoms with E-state index >= 15 is 0 Å². The highest BCUT2D eigenvalue weighted by Crippen LogP contribution is 2.25. The van der Waals surface area contributed by atoms with E-state index in [1.807, 2.05) is 24.0 Å². The summed E-state index contributed by atoms with van der Waals surface area (Å²) in [6, 6.07) is 12.1. The van der Waals surface area contributed by atoms with Crippen molar-refractivity contribution >= 4 is 21.6 Å². The summed E-state index contributed by atoms with van der Waals surface area (Å²) < 4.78 is 28.5. The van der Waals surface area contributed by atoms with Gasteiger partial charge in [-0.05, 0) is 61.9 Å². The van der Waals surface area contributed by atoms with Gasteiger partial charge in [0.05, 0.1) is 4.90 Å². The summed E-state index contributed by atoms with van der Waals surface area (Å²) in [6.07, 6.45) is 1.11. The molecule has 2 atom stereocenters. The minimum absolute atomic E-state index is 0.106. The van der Waals surface area contributed by atoms with Crippen LogP contribution >= 0.6 is 0 Å². The van der Waals surface area contributed by atoms with Gasteiger partial charge in [-0.15, -0.1) is 0 Å². The van der Waals surface area contributed by atoms with E-state index in [0.717, 1.165) is 12.0 Å². The molecule has 1 saturated heterocycles. The molecule has 1 heterocycles.